The Morgan fingerprint density at radius 1 is 1.05 bits per heavy atom. The Morgan fingerprint density at radius 3 is 2.45 bits per heavy atom. The summed E-state index contributed by atoms with van der Waals surface area (Å²) in [5, 5.41) is 10.8. The van der Waals surface area contributed by atoms with Gasteiger partial charge in [0.2, 0.25) is 0 Å². The van der Waals surface area contributed by atoms with Crippen LogP contribution in [0.2, 0.25) is 0 Å². The number of halogens is 2. The molecular weight excluding hydrogens is 514 g/mol. The van der Waals surface area contributed by atoms with Crippen molar-refractivity contribution in [3.63, 3.8) is 0 Å². The van der Waals surface area contributed by atoms with Crippen LogP contribution < -0.4 is 10.6 Å². The maximum atomic E-state index is 15.8. The summed E-state index contributed by atoms with van der Waals surface area (Å²) in [5.41, 5.74) is 0.679. The number of nitrogens with zero attached hydrogens (tertiary/aromatic N) is 6. The molecule has 210 valence electrons. The number of aryl methyl sites for hydroxylation is 1. The maximum Gasteiger partial charge on any atom is 0.355 e. The van der Waals surface area contributed by atoms with E-state index in [-0.39, 0.29) is 23.2 Å². The van der Waals surface area contributed by atoms with E-state index in [2.05, 4.69) is 33.7 Å². The molecule has 4 aromatic rings. The summed E-state index contributed by atoms with van der Waals surface area (Å²) >= 11 is 0. The van der Waals surface area contributed by atoms with Gasteiger partial charge in [0.05, 0.1) is 22.3 Å². The molecule has 0 unspecified atom stereocenters. The molecule has 1 saturated heterocycles. The Morgan fingerprint density at radius 2 is 1.80 bits per heavy atom. The smallest absolute Gasteiger partial charge is 0.355 e. The third kappa shape index (κ3) is 4.70. The summed E-state index contributed by atoms with van der Waals surface area (Å²) < 4.78 is 32.0. The second-order valence-corrected chi connectivity index (χ2v) is 11.0. The van der Waals surface area contributed by atoms with Crippen molar-refractivity contribution in [2.75, 3.05) is 24.5 Å². The fourth-order valence-corrected chi connectivity index (χ4v) is 5.50. The van der Waals surface area contributed by atoms with Crippen molar-refractivity contribution < 1.29 is 13.9 Å². The highest BCUT2D eigenvalue weighted by atomic mass is 19.1. The zero-order chi connectivity index (χ0) is 28.9. The first kappa shape index (κ1) is 27.6. The van der Waals surface area contributed by atoms with Crippen LogP contribution in [0.5, 0.6) is 5.75 Å². The van der Waals surface area contributed by atoms with Gasteiger partial charge in [-0.05, 0) is 63.4 Å². The first-order valence-electron chi connectivity index (χ1n) is 13.6. The minimum absolute atomic E-state index is 0.00759. The summed E-state index contributed by atoms with van der Waals surface area (Å²) in [5.74, 6) is -1.83. The number of phenols is 1. The van der Waals surface area contributed by atoms with Crippen molar-refractivity contribution >= 4 is 16.9 Å². The second-order valence-electron chi connectivity index (χ2n) is 11.0. The van der Waals surface area contributed by atoms with Gasteiger partial charge >= 0.3 is 5.69 Å². The zero-order valence-corrected chi connectivity index (χ0v) is 23.6. The predicted octanol–water partition coefficient (Wildman–Crippen LogP) is 5.18. The fourth-order valence-electron chi connectivity index (χ4n) is 5.50. The van der Waals surface area contributed by atoms with Crippen LogP contribution >= 0.6 is 0 Å². The van der Waals surface area contributed by atoms with E-state index in [9.17, 15) is 14.3 Å². The summed E-state index contributed by atoms with van der Waals surface area (Å²) in [4.78, 5) is 31.8. The quantitative estimate of drug-likeness (QED) is 0.368. The van der Waals surface area contributed by atoms with Crippen LogP contribution in [-0.2, 0) is 0 Å². The van der Waals surface area contributed by atoms with Gasteiger partial charge < -0.3 is 10.0 Å². The van der Waals surface area contributed by atoms with Gasteiger partial charge in [0.15, 0.2) is 11.5 Å². The molecular formula is C30H34F2N6O2. The Hall–Kier alpha value is -3.92. The lowest BCUT2D eigenvalue weighted by atomic mass is 10.0. The van der Waals surface area contributed by atoms with Crippen LogP contribution in [0, 0.1) is 18.6 Å². The standard InChI is InChI=1S/C30H34F2N6O2/c1-16(2)25-27(18(5)10-11-33-25)38-29-20(14-22(32)26(34-29)24-21(31)8-7-9-23(24)39)28(35-30(38)40)37-13-12-36(17(3)4)15-19(37)6/h7-11,14,16-17,19,39H,12-13,15H2,1-6H3/t19-/m1/s1. The lowest BCUT2D eigenvalue weighted by molar-refractivity contribution is 0.185. The number of benzene rings is 1. The number of hydrogen-bond acceptors (Lipinski definition) is 7. The summed E-state index contributed by atoms with van der Waals surface area (Å²) in [6, 6.07) is 7.11. The van der Waals surface area contributed by atoms with Crippen LogP contribution in [0.25, 0.3) is 28.0 Å². The number of rotatable bonds is 5. The number of piperazine rings is 1. The molecule has 8 nitrogen and oxygen atoms in total. The molecule has 10 heteroatoms. The van der Waals surface area contributed by atoms with Crippen LogP contribution in [-0.4, -0.2) is 61.2 Å². The second kappa shape index (κ2) is 10.6. The molecule has 0 amide bonds. The molecule has 4 heterocycles. The van der Waals surface area contributed by atoms with Crippen LogP contribution in [0.4, 0.5) is 14.6 Å². The molecule has 1 aliphatic rings. The molecule has 0 spiro atoms. The average Bonchev–Trinajstić information content (AvgIpc) is 2.89. The number of aromatic hydroxyl groups is 1. The third-order valence-electron chi connectivity index (χ3n) is 7.62. The Labute approximate surface area is 231 Å². The molecule has 40 heavy (non-hydrogen) atoms. The number of phenolic OH excluding ortho intramolecular Hbond substituents is 1. The van der Waals surface area contributed by atoms with Gasteiger partial charge in [0.1, 0.15) is 23.1 Å². The number of anilines is 1. The van der Waals surface area contributed by atoms with Crippen molar-refractivity contribution in [1.82, 2.24) is 24.4 Å². The molecule has 1 aromatic carbocycles. The van der Waals surface area contributed by atoms with Crippen molar-refractivity contribution in [2.45, 2.75) is 59.5 Å². The molecule has 5 rings (SSSR count). The van der Waals surface area contributed by atoms with Gasteiger partial charge in [0, 0.05) is 37.9 Å². The zero-order valence-electron chi connectivity index (χ0n) is 23.6. The maximum absolute atomic E-state index is 15.8. The molecule has 1 aliphatic heterocycles. The molecule has 0 radical (unpaired) electrons. The van der Waals surface area contributed by atoms with Crippen LogP contribution in [0.15, 0.2) is 41.3 Å². The molecule has 0 bridgehead atoms. The van der Waals surface area contributed by atoms with E-state index < -0.39 is 28.8 Å². The van der Waals surface area contributed by atoms with Crippen molar-refractivity contribution in [2.24, 2.45) is 0 Å². The molecule has 1 N–H and O–H groups in total. The Kier molecular flexibility index (Phi) is 7.31. The van der Waals surface area contributed by atoms with Gasteiger partial charge in [-0.15, -0.1) is 0 Å². The number of hydrogen-bond donors (Lipinski definition) is 1. The van der Waals surface area contributed by atoms with E-state index in [1.54, 1.807) is 12.3 Å². The van der Waals surface area contributed by atoms with E-state index in [0.29, 0.717) is 35.2 Å². The Bertz CT molecular complexity index is 1630. The lowest BCUT2D eigenvalue weighted by Gasteiger charge is -2.42. The van der Waals surface area contributed by atoms with Crippen molar-refractivity contribution in [3.05, 3.63) is 69.9 Å². The molecule has 1 atom stereocenters. The average molecular weight is 549 g/mol. The first-order chi connectivity index (χ1) is 19.0. The van der Waals surface area contributed by atoms with Gasteiger partial charge in [-0.1, -0.05) is 19.9 Å². The largest absolute Gasteiger partial charge is 0.507 e. The van der Waals surface area contributed by atoms with Crippen LogP contribution in [0.3, 0.4) is 0 Å². The number of fused-ring (bicyclic) bond motifs is 1. The van der Waals surface area contributed by atoms with E-state index >= 15 is 4.39 Å². The SMILES string of the molecule is Cc1ccnc(C(C)C)c1-n1c(=O)nc(N2CCN(C(C)C)C[C@H]2C)c2cc(F)c(-c3c(O)cccc3F)nc21. The summed E-state index contributed by atoms with van der Waals surface area (Å²) in [6.45, 7) is 14.2. The summed E-state index contributed by atoms with van der Waals surface area (Å²) in [6.07, 6.45) is 1.68. The molecule has 3 aromatic heterocycles. The molecule has 0 aliphatic carbocycles. The van der Waals surface area contributed by atoms with Crippen molar-refractivity contribution in [3.8, 4) is 22.7 Å². The number of aromatic nitrogens is 4. The normalized spacial score (nSPS) is 16.4. The first-order valence-corrected chi connectivity index (χ1v) is 13.6. The topological polar surface area (TPSA) is 87.4 Å². The van der Waals surface area contributed by atoms with Gasteiger partial charge in [-0.25, -0.2) is 23.1 Å². The minimum atomic E-state index is -0.832. The highest BCUT2D eigenvalue weighted by Crippen LogP contribution is 2.36. The van der Waals surface area contributed by atoms with Gasteiger partial charge in [-0.3, -0.25) is 9.88 Å². The minimum Gasteiger partial charge on any atom is -0.507 e. The van der Waals surface area contributed by atoms with Crippen molar-refractivity contribution in [1.29, 1.82) is 0 Å². The van der Waals surface area contributed by atoms with E-state index in [0.717, 1.165) is 24.7 Å². The van der Waals surface area contributed by atoms with E-state index in [1.165, 1.54) is 22.8 Å². The summed E-state index contributed by atoms with van der Waals surface area (Å²) in [7, 11) is 0. The lowest BCUT2D eigenvalue weighted by Crippen LogP contribution is -2.54. The highest BCUT2D eigenvalue weighted by Gasteiger charge is 2.30. The predicted molar refractivity (Wildman–Crippen MR) is 152 cm³/mol. The van der Waals surface area contributed by atoms with Crippen LogP contribution in [0.1, 0.15) is 51.8 Å². The Balaban J connectivity index is 1.85. The monoisotopic (exact) mass is 548 g/mol. The fraction of sp³-hybridized carbons (Fsp3) is 0.400. The highest BCUT2D eigenvalue weighted by molar-refractivity contribution is 5.91. The number of pyridine rings is 2. The molecule has 0 saturated carbocycles. The van der Waals surface area contributed by atoms with E-state index in [1.807, 2.05) is 32.6 Å². The van der Waals surface area contributed by atoms with Gasteiger partial charge in [0.25, 0.3) is 0 Å². The molecule has 1 fully saturated rings. The third-order valence-corrected chi connectivity index (χ3v) is 7.62. The van der Waals surface area contributed by atoms with E-state index in [4.69, 9.17) is 0 Å². The van der Waals surface area contributed by atoms with Gasteiger partial charge in [-0.2, -0.15) is 4.98 Å².